The first-order valence-electron chi connectivity index (χ1n) is 7.62. The van der Waals surface area contributed by atoms with Crippen molar-refractivity contribution in [3.63, 3.8) is 0 Å². The molecule has 2 aromatic heterocycles. The maximum atomic E-state index is 12.4. The van der Waals surface area contributed by atoms with Gasteiger partial charge in [0, 0.05) is 11.9 Å². The summed E-state index contributed by atoms with van der Waals surface area (Å²) in [5, 5.41) is 5.48. The second kappa shape index (κ2) is 5.59. The number of hydrogen-bond donors (Lipinski definition) is 2. The van der Waals surface area contributed by atoms with Crippen LogP contribution in [-0.4, -0.2) is 25.5 Å². The standard InChI is InChI=1S/C17H19N5O2/c1-10-19-16-18-9-13(15(24)22(16)21-10)14(23)20-12-7-5-11(6-8-12)17(2,3)4/h5-9H,1-4H3,(H,20,23)(H,18,19,21). The molecule has 0 aliphatic rings. The number of rotatable bonds is 2. The Bertz CT molecular complexity index is 961. The number of carbonyl (C=O) groups is 1. The molecule has 0 fully saturated rings. The number of amides is 1. The van der Waals surface area contributed by atoms with Gasteiger partial charge in [-0.15, -0.1) is 0 Å². The van der Waals surface area contributed by atoms with Crippen molar-refractivity contribution in [2.75, 3.05) is 5.32 Å². The van der Waals surface area contributed by atoms with Crippen molar-refractivity contribution in [3.8, 4) is 0 Å². The number of aromatic amines is 1. The highest BCUT2D eigenvalue weighted by Gasteiger charge is 2.16. The van der Waals surface area contributed by atoms with E-state index in [2.05, 4.69) is 41.2 Å². The summed E-state index contributed by atoms with van der Waals surface area (Å²) in [4.78, 5) is 32.8. The largest absolute Gasteiger partial charge is 0.322 e. The van der Waals surface area contributed by atoms with E-state index in [0.29, 0.717) is 11.5 Å². The lowest BCUT2D eigenvalue weighted by Gasteiger charge is -2.19. The van der Waals surface area contributed by atoms with E-state index in [1.807, 2.05) is 24.3 Å². The summed E-state index contributed by atoms with van der Waals surface area (Å²) in [6.45, 7) is 8.07. The summed E-state index contributed by atoms with van der Waals surface area (Å²) in [5.41, 5.74) is 1.30. The van der Waals surface area contributed by atoms with Crippen LogP contribution >= 0.6 is 0 Å². The van der Waals surface area contributed by atoms with Crippen molar-refractivity contribution in [2.45, 2.75) is 33.1 Å². The number of nitrogens with one attached hydrogen (secondary N) is 2. The molecule has 1 amide bonds. The molecule has 0 aliphatic carbocycles. The third kappa shape index (κ3) is 2.92. The minimum Gasteiger partial charge on any atom is -0.322 e. The van der Waals surface area contributed by atoms with Crippen LogP contribution in [0.3, 0.4) is 0 Å². The molecule has 0 unspecified atom stereocenters. The van der Waals surface area contributed by atoms with Crippen LogP contribution in [0.5, 0.6) is 0 Å². The molecule has 1 aromatic carbocycles. The Labute approximate surface area is 138 Å². The van der Waals surface area contributed by atoms with Crippen LogP contribution in [0.4, 0.5) is 5.69 Å². The quantitative estimate of drug-likeness (QED) is 0.756. The van der Waals surface area contributed by atoms with Gasteiger partial charge in [0.1, 0.15) is 11.4 Å². The van der Waals surface area contributed by atoms with E-state index in [-0.39, 0.29) is 16.8 Å². The fourth-order valence-electron chi connectivity index (χ4n) is 2.37. The molecule has 7 heteroatoms. The molecule has 0 aliphatic heterocycles. The number of fused-ring (bicyclic) bond motifs is 1. The van der Waals surface area contributed by atoms with Gasteiger partial charge in [-0.2, -0.15) is 9.50 Å². The Balaban J connectivity index is 1.87. The molecule has 0 radical (unpaired) electrons. The molecule has 2 N–H and O–H groups in total. The van der Waals surface area contributed by atoms with Crippen LogP contribution in [0.2, 0.25) is 0 Å². The topological polar surface area (TPSA) is 92.2 Å². The van der Waals surface area contributed by atoms with Crippen molar-refractivity contribution < 1.29 is 4.79 Å². The van der Waals surface area contributed by atoms with E-state index in [0.717, 1.165) is 10.1 Å². The van der Waals surface area contributed by atoms with Crippen LogP contribution in [0.1, 0.15) is 42.5 Å². The van der Waals surface area contributed by atoms with E-state index in [9.17, 15) is 9.59 Å². The van der Waals surface area contributed by atoms with Crippen molar-refractivity contribution >= 4 is 17.4 Å². The average Bonchev–Trinajstić information content (AvgIpc) is 2.88. The van der Waals surface area contributed by atoms with Gasteiger partial charge in [0.2, 0.25) is 0 Å². The second-order valence-electron chi connectivity index (χ2n) is 6.70. The molecule has 7 nitrogen and oxygen atoms in total. The molecular formula is C17H19N5O2. The minimum atomic E-state index is -0.502. The average molecular weight is 325 g/mol. The first-order valence-corrected chi connectivity index (χ1v) is 7.62. The molecule has 124 valence electrons. The summed E-state index contributed by atoms with van der Waals surface area (Å²) < 4.78 is 1.16. The van der Waals surface area contributed by atoms with Gasteiger partial charge in [0.05, 0.1) is 0 Å². The first-order chi connectivity index (χ1) is 11.3. The van der Waals surface area contributed by atoms with Gasteiger partial charge < -0.3 is 5.32 Å². The van der Waals surface area contributed by atoms with E-state index in [4.69, 9.17) is 0 Å². The van der Waals surface area contributed by atoms with Crippen molar-refractivity contribution in [3.05, 3.63) is 57.8 Å². The van der Waals surface area contributed by atoms with Crippen LogP contribution in [0.15, 0.2) is 35.3 Å². The smallest absolute Gasteiger partial charge is 0.286 e. The van der Waals surface area contributed by atoms with Crippen LogP contribution < -0.4 is 10.9 Å². The van der Waals surface area contributed by atoms with Crippen LogP contribution in [-0.2, 0) is 5.41 Å². The monoisotopic (exact) mass is 325 g/mol. The fourth-order valence-corrected chi connectivity index (χ4v) is 2.37. The number of aryl methyl sites for hydroxylation is 1. The second-order valence-corrected chi connectivity index (χ2v) is 6.70. The normalized spacial score (nSPS) is 11.7. The van der Waals surface area contributed by atoms with Gasteiger partial charge in [0.25, 0.3) is 17.2 Å². The molecule has 0 saturated heterocycles. The van der Waals surface area contributed by atoms with Gasteiger partial charge in [-0.3, -0.25) is 14.7 Å². The zero-order chi connectivity index (χ0) is 17.5. The Hall–Kier alpha value is -2.96. The Morgan fingerprint density at radius 2 is 1.88 bits per heavy atom. The zero-order valence-corrected chi connectivity index (χ0v) is 14.0. The predicted molar refractivity (Wildman–Crippen MR) is 91.4 cm³/mol. The maximum Gasteiger partial charge on any atom is 0.286 e. The highest BCUT2D eigenvalue weighted by molar-refractivity contribution is 6.03. The molecule has 3 rings (SSSR count). The third-order valence-corrected chi connectivity index (χ3v) is 3.74. The van der Waals surface area contributed by atoms with Crippen LogP contribution in [0, 0.1) is 6.92 Å². The Kier molecular flexibility index (Phi) is 3.71. The van der Waals surface area contributed by atoms with E-state index in [1.54, 1.807) is 6.92 Å². The van der Waals surface area contributed by atoms with Crippen molar-refractivity contribution in [2.24, 2.45) is 0 Å². The number of benzene rings is 1. The molecule has 3 aromatic rings. The summed E-state index contributed by atoms with van der Waals surface area (Å²) in [6, 6.07) is 7.56. The van der Waals surface area contributed by atoms with Gasteiger partial charge in [-0.25, -0.2) is 4.98 Å². The summed E-state index contributed by atoms with van der Waals surface area (Å²) in [5.74, 6) is 0.288. The van der Waals surface area contributed by atoms with Gasteiger partial charge in [0.15, 0.2) is 0 Å². The summed E-state index contributed by atoms with van der Waals surface area (Å²) in [6.07, 6.45) is 1.25. The number of H-pyrrole nitrogens is 1. The lowest BCUT2D eigenvalue weighted by Crippen LogP contribution is -2.27. The lowest BCUT2D eigenvalue weighted by atomic mass is 9.87. The predicted octanol–water partition coefficient (Wildman–Crippen LogP) is 2.28. The highest BCUT2D eigenvalue weighted by Crippen LogP contribution is 2.23. The number of anilines is 1. The third-order valence-electron chi connectivity index (χ3n) is 3.74. The molecule has 0 spiro atoms. The Morgan fingerprint density at radius 3 is 2.50 bits per heavy atom. The SMILES string of the molecule is Cc1nc2ncc(C(=O)Nc3ccc(C(C)(C)C)cc3)c(=O)n2[nH]1. The fraction of sp³-hybridized carbons (Fsp3) is 0.294. The minimum absolute atomic E-state index is 0.0365. The number of aromatic nitrogens is 4. The summed E-state index contributed by atoms with van der Waals surface area (Å²) >= 11 is 0. The summed E-state index contributed by atoms with van der Waals surface area (Å²) in [7, 11) is 0. The molecule has 0 atom stereocenters. The van der Waals surface area contributed by atoms with E-state index in [1.165, 1.54) is 6.20 Å². The van der Waals surface area contributed by atoms with Crippen molar-refractivity contribution in [1.29, 1.82) is 0 Å². The Morgan fingerprint density at radius 1 is 1.21 bits per heavy atom. The zero-order valence-electron chi connectivity index (χ0n) is 14.0. The van der Waals surface area contributed by atoms with Gasteiger partial charge in [-0.1, -0.05) is 32.9 Å². The van der Waals surface area contributed by atoms with E-state index >= 15 is 0 Å². The van der Waals surface area contributed by atoms with E-state index < -0.39 is 11.5 Å². The molecule has 24 heavy (non-hydrogen) atoms. The molecule has 0 bridgehead atoms. The molecule has 2 heterocycles. The number of nitrogens with zero attached hydrogens (tertiary/aromatic N) is 3. The maximum absolute atomic E-state index is 12.4. The highest BCUT2D eigenvalue weighted by atomic mass is 16.2. The molecule has 0 saturated carbocycles. The van der Waals surface area contributed by atoms with Gasteiger partial charge >= 0.3 is 0 Å². The van der Waals surface area contributed by atoms with Gasteiger partial charge in [-0.05, 0) is 30.0 Å². The first kappa shape index (κ1) is 15.9. The lowest BCUT2D eigenvalue weighted by molar-refractivity contribution is 0.102. The van der Waals surface area contributed by atoms with Crippen molar-refractivity contribution in [1.82, 2.24) is 19.6 Å². The van der Waals surface area contributed by atoms with Crippen LogP contribution in [0.25, 0.3) is 5.78 Å². The number of carbonyl (C=O) groups excluding carboxylic acids is 1. The number of hydrogen-bond acceptors (Lipinski definition) is 4. The molecular weight excluding hydrogens is 306 g/mol.